The maximum Gasteiger partial charge on any atom is 0.236 e. The van der Waals surface area contributed by atoms with Crippen LogP contribution in [0.3, 0.4) is 0 Å². The van der Waals surface area contributed by atoms with Crippen LogP contribution in [0.25, 0.3) is 0 Å². The first-order chi connectivity index (χ1) is 11.1. The van der Waals surface area contributed by atoms with Crippen LogP contribution in [-0.2, 0) is 16.0 Å². The molecular formula is C18H19FN2O2. The average molecular weight is 314 g/mol. The maximum absolute atomic E-state index is 12.8. The summed E-state index contributed by atoms with van der Waals surface area (Å²) in [4.78, 5) is 25.3. The van der Waals surface area contributed by atoms with Crippen molar-refractivity contribution < 1.29 is 14.0 Å². The zero-order chi connectivity index (χ0) is 16.7. The molecule has 0 saturated carbocycles. The molecule has 0 fully saturated rings. The normalized spacial score (nSPS) is 10.2. The highest BCUT2D eigenvalue weighted by Gasteiger charge is 2.14. The van der Waals surface area contributed by atoms with Crippen LogP contribution in [0.5, 0.6) is 0 Å². The predicted octanol–water partition coefficient (Wildman–Crippen LogP) is 2.54. The quantitative estimate of drug-likeness (QED) is 0.833. The predicted molar refractivity (Wildman–Crippen MR) is 87.6 cm³/mol. The third-order valence-electron chi connectivity index (χ3n) is 3.48. The van der Waals surface area contributed by atoms with Crippen LogP contribution in [-0.4, -0.2) is 25.4 Å². The van der Waals surface area contributed by atoms with Crippen molar-refractivity contribution in [2.45, 2.75) is 12.8 Å². The van der Waals surface area contributed by atoms with Crippen molar-refractivity contribution in [3.63, 3.8) is 0 Å². The summed E-state index contributed by atoms with van der Waals surface area (Å²) in [5, 5.41) is 2.70. The molecule has 0 bridgehead atoms. The van der Waals surface area contributed by atoms with Crippen molar-refractivity contribution in [2.75, 3.05) is 18.5 Å². The fourth-order valence-corrected chi connectivity index (χ4v) is 2.11. The molecule has 4 nitrogen and oxygen atoms in total. The van der Waals surface area contributed by atoms with Crippen molar-refractivity contribution in [1.82, 2.24) is 5.32 Å². The minimum Gasteiger partial charge on any atom is -0.355 e. The van der Waals surface area contributed by atoms with Gasteiger partial charge in [-0.15, -0.1) is 0 Å². The molecule has 0 saturated heterocycles. The number of carbonyl (C=O) groups excluding carboxylic acids is 2. The van der Waals surface area contributed by atoms with E-state index in [1.807, 2.05) is 30.3 Å². The highest BCUT2D eigenvalue weighted by molar-refractivity contribution is 6.04. The molecule has 0 atom stereocenters. The molecule has 0 radical (unpaired) electrons. The molecule has 0 aliphatic carbocycles. The number of hydrogen-bond acceptors (Lipinski definition) is 2. The van der Waals surface area contributed by atoms with Crippen molar-refractivity contribution >= 4 is 17.5 Å². The van der Waals surface area contributed by atoms with Gasteiger partial charge in [0.15, 0.2) is 0 Å². The Kier molecular flexibility index (Phi) is 5.86. The Hall–Kier alpha value is -2.69. The number of nitrogens with one attached hydrogen (secondary N) is 1. The summed E-state index contributed by atoms with van der Waals surface area (Å²) in [6.45, 7) is 0.410. The molecule has 1 N–H and O–H groups in total. The van der Waals surface area contributed by atoms with Crippen LogP contribution >= 0.6 is 0 Å². The maximum atomic E-state index is 12.8. The summed E-state index contributed by atoms with van der Waals surface area (Å²) >= 11 is 0. The Labute approximate surface area is 134 Å². The zero-order valence-corrected chi connectivity index (χ0v) is 13.0. The molecule has 0 aliphatic heterocycles. The Morgan fingerprint density at radius 3 is 2.35 bits per heavy atom. The van der Waals surface area contributed by atoms with Crippen molar-refractivity contribution in [3.8, 4) is 0 Å². The molecule has 0 aliphatic rings. The van der Waals surface area contributed by atoms with Crippen LogP contribution in [0.15, 0.2) is 54.6 Å². The molecule has 2 amide bonds. The molecular weight excluding hydrogens is 295 g/mol. The lowest BCUT2D eigenvalue weighted by atomic mass is 10.1. The van der Waals surface area contributed by atoms with Gasteiger partial charge in [0.05, 0.1) is 0 Å². The van der Waals surface area contributed by atoms with Gasteiger partial charge in [-0.3, -0.25) is 9.59 Å². The third-order valence-corrected chi connectivity index (χ3v) is 3.48. The fourth-order valence-electron chi connectivity index (χ4n) is 2.11. The summed E-state index contributed by atoms with van der Waals surface area (Å²) in [6.07, 6.45) is 0.392. The number of carbonyl (C=O) groups is 2. The van der Waals surface area contributed by atoms with E-state index in [1.165, 1.54) is 17.0 Å². The van der Waals surface area contributed by atoms with E-state index in [1.54, 1.807) is 19.2 Å². The monoisotopic (exact) mass is 314 g/mol. The topological polar surface area (TPSA) is 49.4 Å². The highest BCUT2D eigenvalue weighted by atomic mass is 19.1. The van der Waals surface area contributed by atoms with E-state index >= 15 is 0 Å². The van der Waals surface area contributed by atoms with Crippen LogP contribution in [0.4, 0.5) is 10.1 Å². The second kappa shape index (κ2) is 8.08. The molecule has 0 spiro atoms. The van der Waals surface area contributed by atoms with E-state index in [0.29, 0.717) is 13.0 Å². The number of halogens is 1. The second-order valence-electron chi connectivity index (χ2n) is 5.19. The van der Waals surface area contributed by atoms with E-state index in [4.69, 9.17) is 0 Å². The molecule has 2 rings (SSSR count). The number of para-hydroxylation sites is 1. The molecule has 2 aromatic rings. The van der Waals surface area contributed by atoms with Gasteiger partial charge in [0.2, 0.25) is 11.8 Å². The first kappa shape index (κ1) is 16.7. The van der Waals surface area contributed by atoms with Gasteiger partial charge in [0, 0.05) is 19.3 Å². The molecule has 5 heteroatoms. The van der Waals surface area contributed by atoms with E-state index in [-0.39, 0.29) is 24.1 Å². The Balaban J connectivity index is 1.76. The smallest absolute Gasteiger partial charge is 0.236 e. The third kappa shape index (κ3) is 5.21. The standard InChI is InChI=1S/C18H19FN2O2/c1-21(16-5-3-2-4-6-16)18(23)13-17(22)20-12-11-14-7-9-15(19)10-8-14/h2-10H,11-13H2,1H3,(H,20,22). The number of hydrogen-bond donors (Lipinski definition) is 1. The Morgan fingerprint density at radius 1 is 1.04 bits per heavy atom. The summed E-state index contributed by atoms with van der Waals surface area (Å²) in [7, 11) is 1.64. The van der Waals surface area contributed by atoms with Gasteiger partial charge >= 0.3 is 0 Å². The van der Waals surface area contributed by atoms with Crippen LogP contribution < -0.4 is 10.2 Å². The van der Waals surface area contributed by atoms with Crippen molar-refractivity contribution in [3.05, 3.63) is 66.0 Å². The summed E-state index contributed by atoms with van der Waals surface area (Å²) in [5.41, 5.74) is 1.68. The SMILES string of the molecule is CN(C(=O)CC(=O)NCCc1ccc(F)cc1)c1ccccc1. The Morgan fingerprint density at radius 2 is 1.70 bits per heavy atom. The first-order valence-corrected chi connectivity index (χ1v) is 7.39. The molecule has 0 heterocycles. The molecule has 0 aromatic heterocycles. The van der Waals surface area contributed by atoms with Gasteiger partial charge in [0.25, 0.3) is 0 Å². The lowest BCUT2D eigenvalue weighted by molar-refractivity contribution is -0.127. The molecule has 0 unspecified atom stereocenters. The van der Waals surface area contributed by atoms with E-state index < -0.39 is 0 Å². The lowest BCUT2D eigenvalue weighted by Crippen LogP contribution is -2.34. The minimum absolute atomic E-state index is 0.200. The number of amides is 2. The van der Waals surface area contributed by atoms with Gasteiger partial charge in [-0.25, -0.2) is 4.39 Å². The number of nitrogens with zero attached hydrogens (tertiary/aromatic N) is 1. The Bertz CT molecular complexity index is 656. The first-order valence-electron chi connectivity index (χ1n) is 7.39. The van der Waals surface area contributed by atoms with Gasteiger partial charge in [-0.1, -0.05) is 30.3 Å². The van der Waals surface area contributed by atoms with Crippen LogP contribution in [0.2, 0.25) is 0 Å². The lowest BCUT2D eigenvalue weighted by Gasteiger charge is -2.17. The molecule has 23 heavy (non-hydrogen) atoms. The highest BCUT2D eigenvalue weighted by Crippen LogP contribution is 2.11. The van der Waals surface area contributed by atoms with Crippen molar-refractivity contribution in [1.29, 1.82) is 0 Å². The molecule has 2 aromatic carbocycles. The number of rotatable bonds is 6. The van der Waals surface area contributed by atoms with Gasteiger partial charge in [-0.05, 0) is 36.2 Å². The summed E-state index contributed by atoms with van der Waals surface area (Å²) < 4.78 is 12.8. The van der Waals surface area contributed by atoms with Gasteiger partial charge in [-0.2, -0.15) is 0 Å². The second-order valence-corrected chi connectivity index (χ2v) is 5.19. The average Bonchev–Trinajstić information content (AvgIpc) is 2.56. The van der Waals surface area contributed by atoms with Gasteiger partial charge in [0.1, 0.15) is 12.2 Å². The zero-order valence-electron chi connectivity index (χ0n) is 13.0. The van der Waals surface area contributed by atoms with Crippen molar-refractivity contribution in [2.24, 2.45) is 0 Å². The largest absolute Gasteiger partial charge is 0.355 e. The summed E-state index contributed by atoms with van der Waals surface area (Å²) in [5.74, 6) is -0.872. The molecule has 120 valence electrons. The van der Waals surface area contributed by atoms with Gasteiger partial charge < -0.3 is 10.2 Å². The minimum atomic E-state index is -0.320. The fraction of sp³-hybridized carbons (Fsp3) is 0.222. The van der Waals surface area contributed by atoms with Crippen LogP contribution in [0.1, 0.15) is 12.0 Å². The van der Waals surface area contributed by atoms with Crippen LogP contribution in [0, 0.1) is 5.82 Å². The van der Waals surface area contributed by atoms with E-state index in [0.717, 1.165) is 11.3 Å². The summed E-state index contributed by atoms with van der Waals surface area (Å²) in [6, 6.07) is 15.3. The van der Waals surface area contributed by atoms with E-state index in [2.05, 4.69) is 5.32 Å². The number of anilines is 1. The number of benzene rings is 2. The van der Waals surface area contributed by atoms with E-state index in [9.17, 15) is 14.0 Å².